The summed E-state index contributed by atoms with van der Waals surface area (Å²) in [5.41, 5.74) is 11.0. The third kappa shape index (κ3) is 4.90. The molecule has 0 saturated carbocycles. The first-order valence-corrected chi connectivity index (χ1v) is 10.5. The summed E-state index contributed by atoms with van der Waals surface area (Å²) >= 11 is 0.928. The van der Waals surface area contributed by atoms with Gasteiger partial charge in [-0.2, -0.15) is 0 Å². The predicted octanol–water partition coefficient (Wildman–Crippen LogP) is 2.56. The van der Waals surface area contributed by atoms with Crippen molar-refractivity contribution in [3.63, 3.8) is 0 Å². The summed E-state index contributed by atoms with van der Waals surface area (Å²) in [6, 6.07) is 4.51. The maximum atomic E-state index is 12.9. The number of hydrogen-bond acceptors (Lipinski definition) is 7. The lowest BCUT2D eigenvalue weighted by atomic mass is 10.1. The molecular weight excluding hydrogens is 394 g/mol. The first-order valence-electron chi connectivity index (χ1n) is 9.29. The molecule has 0 aromatic heterocycles. The molecular formula is C20H29N3O5S. The van der Waals surface area contributed by atoms with E-state index in [0.717, 1.165) is 16.7 Å². The lowest BCUT2D eigenvalue weighted by molar-refractivity contribution is -0.155. The van der Waals surface area contributed by atoms with Crippen molar-refractivity contribution in [2.24, 2.45) is 5.73 Å². The van der Waals surface area contributed by atoms with Gasteiger partial charge in [-0.15, -0.1) is 11.8 Å². The van der Waals surface area contributed by atoms with Crippen LogP contribution in [0.25, 0.3) is 0 Å². The van der Waals surface area contributed by atoms with Gasteiger partial charge >= 0.3 is 5.97 Å². The van der Waals surface area contributed by atoms with Gasteiger partial charge in [0, 0.05) is 18.5 Å². The van der Waals surface area contributed by atoms with Gasteiger partial charge in [0.05, 0.1) is 11.1 Å². The molecule has 29 heavy (non-hydrogen) atoms. The van der Waals surface area contributed by atoms with Gasteiger partial charge in [0.2, 0.25) is 0 Å². The number of hydrogen-bond donors (Lipinski definition) is 2. The van der Waals surface area contributed by atoms with Crippen molar-refractivity contribution >= 4 is 41.1 Å². The summed E-state index contributed by atoms with van der Waals surface area (Å²) < 4.78 is 5.25. The van der Waals surface area contributed by atoms with Gasteiger partial charge < -0.3 is 16.2 Å². The minimum atomic E-state index is -1.73. The number of fused-ring (bicyclic) bond motifs is 1. The van der Waals surface area contributed by atoms with E-state index in [4.69, 9.17) is 16.2 Å². The van der Waals surface area contributed by atoms with Crippen LogP contribution >= 0.6 is 11.8 Å². The van der Waals surface area contributed by atoms with E-state index in [1.54, 1.807) is 33.1 Å². The summed E-state index contributed by atoms with van der Waals surface area (Å²) in [7, 11) is 0. The second-order valence-corrected chi connectivity index (χ2v) is 8.24. The summed E-state index contributed by atoms with van der Waals surface area (Å²) in [5, 5.41) is 0. The van der Waals surface area contributed by atoms with Crippen molar-refractivity contribution in [2.45, 2.75) is 57.9 Å². The molecule has 1 heterocycles. The number of carbonyl (C=O) groups is 4. The molecule has 1 aliphatic heterocycles. The fourth-order valence-corrected chi connectivity index (χ4v) is 3.80. The second-order valence-electron chi connectivity index (χ2n) is 7.15. The Morgan fingerprint density at radius 2 is 1.72 bits per heavy atom. The minimum Gasteiger partial charge on any atom is -0.460 e. The third-order valence-corrected chi connectivity index (χ3v) is 5.38. The van der Waals surface area contributed by atoms with Crippen LogP contribution in [0.2, 0.25) is 0 Å². The molecule has 1 atom stereocenters. The number of nitrogens with zero attached hydrogens (tertiary/aromatic N) is 1. The molecule has 3 amide bonds. The van der Waals surface area contributed by atoms with Gasteiger partial charge in [0.25, 0.3) is 17.7 Å². The Morgan fingerprint density at radius 3 is 2.17 bits per heavy atom. The first-order chi connectivity index (χ1) is 13.4. The van der Waals surface area contributed by atoms with E-state index in [0.29, 0.717) is 0 Å². The van der Waals surface area contributed by atoms with Gasteiger partial charge in [-0.3, -0.25) is 19.2 Å². The summed E-state index contributed by atoms with van der Waals surface area (Å²) in [4.78, 5) is 49.3. The van der Waals surface area contributed by atoms with Crippen LogP contribution in [0.4, 0.5) is 5.69 Å². The molecule has 1 aromatic carbocycles. The Bertz CT molecular complexity index is 819. The SMILES string of the molecule is CC.CSC(CCC(=O)OC(C)(C)C)(C(N)=O)N1C(=O)c2cccc(N)c2C1=O. The van der Waals surface area contributed by atoms with Crippen molar-refractivity contribution in [3.8, 4) is 0 Å². The highest BCUT2D eigenvalue weighted by atomic mass is 32.2. The lowest BCUT2D eigenvalue weighted by Gasteiger charge is -2.36. The summed E-state index contributed by atoms with van der Waals surface area (Å²) in [5.74, 6) is -2.82. The highest BCUT2D eigenvalue weighted by molar-refractivity contribution is 8.00. The van der Waals surface area contributed by atoms with Gasteiger partial charge in [-0.05, 0) is 39.2 Å². The first kappa shape index (κ1) is 24.5. The number of esters is 1. The third-order valence-electron chi connectivity index (χ3n) is 4.12. The number of primary amides is 1. The van der Waals surface area contributed by atoms with Crippen LogP contribution < -0.4 is 11.5 Å². The molecule has 160 valence electrons. The molecule has 0 saturated heterocycles. The average Bonchev–Trinajstić information content (AvgIpc) is 2.89. The van der Waals surface area contributed by atoms with E-state index >= 15 is 0 Å². The van der Waals surface area contributed by atoms with Crippen LogP contribution in [0.3, 0.4) is 0 Å². The fourth-order valence-electron chi connectivity index (χ4n) is 2.94. The highest BCUT2D eigenvalue weighted by Crippen LogP contribution is 2.40. The number of nitrogen functional groups attached to an aromatic ring is 1. The van der Waals surface area contributed by atoms with Gasteiger partial charge in [-0.1, -0.05) is 19.9 Å². The molecule has 2 rings (SSSR count). The molecule has 0 radical (unpaired) electrons. The topological polar surface area (TPSA) is 133 Å². The number of carbonyl (C=O) groups excluding carboxylic acids is 4. The average molecular weight is 424 g/mol. The van der Waals surface area contributed by atoms with Gasteiger partial charge in [0.1, 0.15) is 5.60 Å². The van der Waals surface area contributed by atoms with Gasteiger partial charge in [-0.25, -0.2) is 4.90 Å². The lowest BCUT2D eigenvalue weighted by Crippen LogP contribution is -2.57. The number of anilines is 1. The van der Waals surface area contributed by atoms with Crippen LogP contribution in [0, 0.1) is 0 Å². The summed E-state index contributed by atoms with van der Waals surface area (Å²) in [6.07, 6.45) is 1.19. The van der Waals surface area contributed by atoms with Crippen LogP contribution in [0.5, 0.6) is 0 Å². The van der Waals surface area contributed by atoms with Crippen LogP contribution in [-0.2, 0) is 14.3 Å². The number of rotatable bonds is 6. The number of ether oxygens (including phenoxy) is 1. The standard InChI is InChI=1S/C18H23N3O5S.C2H6/c1-17(2,3)26-12(22)8-9-18(27-4,16(20)25)21-14(23)10-6-5-7-11(19)13(10)15(21)24;1-2/h5-7H,8-9,19H2,1-4H3,(H2,20,25);1-2H3. The number of thioether (sulfide) groups is 1. The molecule has 1 aliphatic rings. The number of imide groups is 1. The molecule has 0 bridgehead atoms. The molecule has 9 heteroatoms. The zero-order valence-electron chi connectivity index (χ0n) is 17.7. The Hall–Kier alpha value is -2.55. The zero-order valence-corrected chi connectivity index (χ0v) is 18.5. The molecule has 0 spiro atoms. The second kappa shape index (κ2) is 9.30. The van der Waals surface area contributed by atoms with Crippen molar-refractivity contribution in [3.05, 3.63) is 29.3 Å². The molecule has 0 aliphatic carbocycles. The van der Waals surface area contributed by atoms with Crippen molar-refractivity contribution in [1.29, 1.82) is 0 Å². The quantitative estimate of drug-likeness (QED) is 0.408. The van der Waals surface area contributed by atoms with E-state index in [1.165, 1.54) is 12.1 Å². The molecule has 1 unspecified atom stereocenters. The van der Waals surface area contributed by atoms with E-state index in [1.807, 2.05) is 13.8 Å². The Kier molecular flexibility index (Phi) is 7.85. The van der Waals surface area contributed by atoms with Crippen LogP contribution in [0.15, 0.2) is 18.2 Å². The maximum Gasteiger partial charge on any atom is 0.306 e. The Labute approximate surface area is 175 Å². The predicted molar refractivity (Wildman–Crippen MR) is 113 cm³/mol. The van der Waals surface area contributed by atoms with Crippen molar-refractivity contribution in [2.75, 3.05) is 12.0 Å². The minimum absolute atomic E-state index is 0.0412. The molecule has 1 aromatic rings. The number of nitrogens with two attached hydrogens (primary N) is 2. The van der Waals surface area contributed by atoms with Crippen molar-refractivity contribution in [1.82, 2.24) is 4.90 Å². The Balaban J connectivity index is 0.00000204. The number of benzene rings is 1. The van der Waals surface area contributed by atoms with Gasteiger partial charge in [0.15, 0.2) is 4.87 Å². The van der Waals surface area contributed by atoms with E-state index < -0.39 is 34.2 Å². The smallest absolute Gasteiger partial charge is 0.306 e. The Morgan fingerprint density at radius 1 is 1.14 bits per heavy atom. The van der Waals surface area contributed by atoms with Crippen LogP contribution in [0.1, 0.15) is 68.2 Å². The molecule has 8 nitrogen and oxygen atoms in total. The van der Waals surface area contributed by atoms with Crippen LogP contribution in [-0.4, -0.2) is 45.3 Å². The van der Waals surface area contributed by atoms with E-state index in [-0.39, 0.29) is 29.7 Å². The normalized spacial score (nSPS) is 15.2. The van der Waals surface area contributed by atoms with E-state index in [9.17, 15) is 19.2 Å². The summed E-state index contributed by atoms with van der Waals surface area (Å²) in [6.45, 7) is 9.15. The maximum absolute atomic E-state index is 12.9. The largest absolute Gasteiger partial charge is 0.460 e. The highest BCUT2D eigenvalue weighted by Gasteiger charge is 2.53. The zero-order chi connectivity index (χ0) is 22.6. The fraction of sp³-hybridized carbons (Fsp3) is 0.500. The molecule has 0 fully saturated rings. The van der Waals surface area contributed by atoms with Crippen molar-refractivity contribution < 1.29 is 23.9 Å². The monoisotopic (exact) mass is 423 g/mol. The van der Waals surface area contributed by atoms with E-state index in [2.05, 4.69) is 0 Å². The molecule has 4 N–H and O–H groups in total. The number of amides is 3.